The maximum atomic E-state index is 5.98. The fraction of sp³-hybridized carbons (Fsp3) is 0.308. The third-order valence-electron chi connectivity index (χ3n) is 2.39. The van der Waals surface area contributed by atoms with Crippen molar-refractivity contribution in [2.24, 2.45) is 5.73 Å². The van der Waals surface area contributed by atoms with Crippen molar-refractivity contribution >= 4 is 11.3 Å². The molecule has 0 saturated carbocycles. The van der Waals surface area contributed by atoms with E-state index >= 15 is 0 Å². The van der Waals surface area contributed by atoms with Crippen molar-refractivity contribution in [1.29, 1.82) is 0 Å². The molecule has 3 nitrogen and oxygen atoms in total. The van der Waals surface area contributed by atoms with Crippen LogP contribution in [0, 0.1) is 0 Å². The summed E-state index contributed by atoms with van der Waals surface area (Å²) >= 11 is 1.63. The van der Waals surface area contributed by atoms with E-state index < -0.39 is 0 Å². The number of ether oxygens (including phenoxy) is 1. The first-order valence-electron chi connectivity index (χ1n) is 5.59. The maximum absolute atomic E-state index is 5.98. The number of rotatable bonds is 6. The van der Waals surface area contributed by atoms with Gasteiger partial charge >= 0.3 is 0 Å². The monoisotopic (exact) mass is 248 g/mol. The van der Waals surface area contributed by atoms with Gasteiger partial charge in [0, 0.05) is 23.5 Å². The Kier molecular flexibility index (Phi) is 4.67. The fourth-order valence-electron chi connectivity index (χ4n) is 1.56. The molecule has 4 heteroatoms. The van der Waals surface area contributed by atoms with Crippen LogP contribution in [-0.4, -0.2) is 17.6 Å². The summed E-state index contributed by atoms with van der Waals surface area (Å²) in [6.45, 7) is 1.20. The van der Waals surface area contributed by atoms with Gasteiger partial charge in [0.1, 0.15) is 0 Å². The summed E-state index contributed by atoms with van der Waals surface area (Å²) in [6, 6.07) is 10.2. The van der Waals surface area contributed by atoms with Crippen molar-refractivity contribution in [1.82, 2.24) is 4.98 Å². The number of aromatic nitrogens is 1. The molecule has 0 saturated heterocycles. The number of nitrogens with two attached hydrogens (primary N) is 1. The Morgan fingerprint density at radius 1 is 1.29 bits per heavy atom. The van der Waals surface area contributed by atoms with Gasteiger partial charge in [0.05, 0.1) is 18.7 Å². The largest absolute Gasteiger partial charge is 0.375 e. The second-order valence-electron chi connectivity index (χ2n) is 3.93. The van der Waals surface area contributed by atoms with Crippen LogP contribution >= 0.6 is 11.3 Å². The van der Waals surface area contributed by atoms with Crippen molar-refractivity contribution in [3.8, 4) is 0 Å². The zero-order valence-electron chi connectivity index (χ0n) is 9.58. The lowest BCUT2D eigenvalue weighted by atomic mass is 10.2. The third kappa shape index (κ3) is 4.26. The van der Waals surface area contributed by atoms with Crippen molar-refractivity contribution in [3.05, 3.63) is 52.5 Å². The fourth-order valence-corrected chi connectivity index (χ4v) is 2.25. The van der Waals surface area contributed by atoms with E-state index in [0.29, 0.717) is 13.2 Å². The van der Waals surface area contributed by atoms with Crippen LogP contribution in [0.25, 0.3) is 0 Å². The van der Waals surface area contributed by atoms with Crippen molar-refractivity contribution in [2.75, 3.05) is 6.61 Å². The van der Waals surface area contributed by atoms with E-state index in [2.05, 4.69) is 17.1 Å². The van der Waals surface area contributed by atoms with Crippen LogP contribution in [-0.2, 0) is 17.8 Å². The van der Waals surface area contributed by atoms with Crippen LogP contribution in [0.2, 0.25) is 0 Å². The molecule has 0 spiro atoms. The summed E-state index contributed by atoms with van der Waals surface area (Å²) in [5.74, 6) is 0. The van der Waals surface area contributed by atoms with E-state index in [1.807, 2.05) is 29.9 Å². The first-order valence-corrected chi connectivity index (χ1v) is 6.47. The molecule has 0 radical (unpaired) electrons. The standard InChI is InChI=1S/C13H16N2OS/c14-12(6-13-7-15-10-17-13)9-16-8-11-4-2-1-3-5-11/h1-5,7,10,12H,6,8-9,14H2. The Morgan fingerprint density at radius 3 is 2.82 bits per heavy atom. The average Bonchev–Trinajstić information content (AvgIpc) is 2.83. The quantitative estimate of drug-likeness (QED) is 0.852. The van der Waals surface area contributed by atoms with Crippen LogP contribution in [0.5, 0.6) is 0 Å². The zero-order valence-corrected chi connectivity index (χ0v) is 10.4. The molecule has 1 aromatic heterocycles. The molecule has 0 aliphatic carbocycles. The molecule has 90 valence electrons. The Morgan fingerprint density at radius 2 is 2.12 bits per heavy atom. The summed E-state index contributed by atoms with van der Waals surface area (Å²) in [5.41, 5.74) is 8.99. The highest BCUT2D eigenvalue weighted by Gasteiger charge is 2.05. The highest BCUT2D eigenvalue weighted by atomic mass is 32.1. The van der Waals surface area contributed by atoms with Crippen LogP contribution in [0.15, 0.2) is 42.0 Å². The molecule has 0 amide bonds. The Labute approximate surface area is 105 Å². The van der Waals surface area contributed by atoms with Crippen LogP contribution < -0.4 is 5.73 Å². The van der Waals surface area contributed by atoms with E-state index in [1.54, 1.807) is 11.3 Å². The highest BCUT2D eigenvalue weighted by Crippen LogP contribution is 2.08. The molecule has 0 bridgehead atoms. The molecule has 1 unspecified atom stereocenters. The minimum absolute atomic E-state index is 0.0409. The summed E-state index contributed by atoms with van der Waals surface area (Å²) in [6.07, 6.45) is 2.70. The normalized spacial score (nSPS) is 12.5. The number of hydrogen-bond donors (Lipinski definition) is 1. The predicted molar refractivity (Wildman–Crippen MR) is 69.9 cm³/mol. The minimum atomic E-state index is 0.0409. The van der Waals surface area contributed by atoms with Crippen molar-refractivity contribution < 1.29 is 4.74 Å². The number of nitrogens with zero attached hydrogens (tertiary/aromatic N) is 1. The van der Waals surface area contributed by atoms with Crippen LogP contribution in [0.1, 0.15) is 10.4 Å². The van der Waals surface area contributed by atoms with Gasteiger partial charge in [0.15, 0.2) is 0 Å². The topological polar surface area (TPSA) is 48.1 Å². The number of hydrogen-bond acceptors (Lipinski definition) is 4. The zero-order chi connectivity index (χ0) is 11.9. The van der Waals surface area contributed by atoms with Gasteiger partial charge in [-0.3, -0.25) is 4.98 Å². The van der Waals surface area contributed by atoms with Gasteiger partial charge in [0.25, 0.3) is 0 Å². The van der Waals surface area contributed by atoms with Gasteiger partial charge in [-0.05, 0) is 5.56 Å². The molecule has 0 fully saturated rings. The van der Waals surface area contributed by atoms with E-state index in [0.717, 1.165) is 6.42 Å². The summed E-state index contributed by atoms with van der Waals surface area (Å²) in [7, 11) is 0. The molecule has 1 atom stereocenters. The minimum Gasteiger partial charge on any atom is -0.375 e. The molecule has 17 heavy (non-hydrogen) atoms. The second kappa shape index (κ2) is 6.49. The van der Waals surface area contributed by atoms with Gasteiger partial charge in [0.2, 0.25) is 0 Å². The summed E-state index contributed by atoms with van der Waals surface area (Å²) < 4.78 is 5.59. The molecule has 2 rings (SSSR count). The highest BCUT2D eigenvalue weighted by molar-refractivity contribution is 7.09. The molecule has 2 N–H and O–H groups in total. The van der Waals surface area contributed by atoms with Crippen molar-refractivity contribution in [2.45, 2.75) is 19.1 Å². The number of benzene rings is 1. The van der Waals surface area contributed by atoms with Gasteiger partial charge in [-0.25, -0.2) is 0 Å². The first kappa shape index (κ1) is 12.2. The molecule has 2 aromatic rings. The molecular weight excluding hydrogens is 232 g/mol. The third-order valence-corrected chi connectivity index (χ3v) is 3.19. The lowest BCUT2D eigenvalue weighted by Crippen LogP contribution is -2.28. The number of thiazole rings is 1. The maximum Gasteiger partial charge on any atom is 0.0794 e. The Bertz CT molecular complexity index is 416. The molecule has 0 aliphatic heterocycles. The van der Waals surface area contributed by atoms with E-state index in [1.165, 1.54) is 10.4 Å². The van der Waals surface area contributed by atoms with Gasteiger partial charge < -0.3 is 10.5 Å². The van der Waals surface area contributed by atoms with Crippen LogP contribution in [0.4, 0.5) is 0 Å². The van der Waals surface area contributed by atoms with Crippen molar-refractivity contribution in [3.63, 3.8) is 0 Å². The lowest BCUT2D eigenvalue weighted by molar-refractivity contribution is 0.108. The molecular formula is C13H16N2OS. The van der Waals surface area contributed by atoms with Crippen LogP contribution in [0.3, 0.4) is 0 Å². The Hall–Kier alpha value is -1.23. The molecule has 0 aliphatic rings. The van der Waals surface area contributed by atoms with E-state index in [9.17, 15) is 0 Å². The molecule has 1 heterocycles. The van der Waals surface area contributed by atoms with E-state index in [-0.39, 0.29) is 6.04 Å². The summed E-state index contributed by atoms with van der Waals surface area (Å²) in [5, 5.41) is 0. The summed E-state index contributed by atoms with van der Waals surface area (Å²) in [4.78, 5) is 5.23. The van der Waals surface area contributed by atoms with E-state index in [4.69, 9.17) is 10.5 Å². The smallest absolute Gasteiger partial charge is 0.0794 e. The van der Waals surface area contributed by atoms with Gasteiger partial charge in [-0.2, -0.15) is 0 Å². The Balaban J connectivity index is 1.68. The SMILES string of the molecule is NC(COCc1ccccc1)Cc1cncs1. The predicted octanol–water partition coefficient (Wildman–Crippen LogP) is 2.23. The molecule has 1 aromatic carbocycles. The second-order valence-corrected chi connectivity index (χ2v) is 4.90. The first-order chi connectivity index (χ1) is 8.34. The van der Waals surface area contributed by atoms with Gasteiger partial charge in [-0.15, -0.1) is 11.3 Å². The van der Waals surface area contributed by atoms with Gasteiger partial charge in [-0.1, -0.05) is 30.3 Å². The average molecular weight is 248 g/mol. The lowest BCUT2D eigenvalue weighted by Gasteiger charge is -2.10.